The Morgan fingerprint density at radius 1 is 1.42 bits per heavy atom. The maximum absolute atomic E-state index is 11.9. The molecular formula is C14H21N3O2. The van der Waals surface area contributed by atoms with Gasteiger partial charge in [-0.25, -0.2) is 9.78 Å². The summed E-state index contributed by atoms with van der Waals surface area (Å²) in [5, 5.41) is 5.75. The molecule has 0 radical (unpaired) electrons. The van der Waals surface area contributed by atoms with E-state index in [-0.39, 0.29) is 12.1 Å². The van der Waals surface area contributed by atoms with Gasteiger partial charge in [0.25, 0.3) is 0 Å². The molecule has 104 valence electrons. The third-order valence-electron chi connectivity index (χ3n) is 3.24. The molecule has 2 amide bonds. The van der Waals surface area contributed by atoms with Gasteiger partial charge in [0.05, 0.1) is 6.61 Å². The lowest BCUT2D eigenvalue weighted by molar-refractivity contribution is 0.244. The summed E-state index contributed by atoms with van der Waals surface area (Å²) >= 11 is 0. The first kappa shape index (κ1) is 13.6. The van der Waals surface area contributed by atoms with Crippen molar-refractivity contribution in [3.8, 4) is 5.75 Å². The van der Waals surface area contributed by atoms with Gasteiger partial charge in [-0.2, -0.15) is 0 Å². The number of carbonyl (C=O) groups is 1. The molecular weight excluding hydrogens is 242 g/mol. The van der Waals surface area contributed by atoms with Crippen LogP contribution in [0.2, 0.25) is 0 Å². The topological polar surface area (TPSA) is 63.2 Å². The molecule has 0 aromatic carbocycles. The third-order valence-corrected chi connectivity index (χ3v) is 3.24. The van der Waals surface area contributed by atoms with Crippen molar-refractivity contribution in [2.24, 2.45) is 0 Å². The average Bonchev–Trinajstić information content (AvgIpc) is 2.42. The number of rotatable bonds is 4. The van der Waals surface area contributed by atoms with Crippen LogP contribution in [0.15, 0.2) is 18.3 Å². The molecule has 0 unspecified atom stereocenters. The number of amides is 2. The van der Waals surface area contributed by atoms with E-state index in [1.807, 2.05) is 6.92 Å². The van der Waals surface area contributed by atoms with Crippen LogP contribution in [0.5, 0.6) is 5.75 Å². The van der Waals surface area contributed by atoms with Gasteiger partial charge in [0.15, 0.2) is 11.6 Å². The van der Waals surface area contributed by atoms with Crippen molar-refractivity contribution < 1.29 is 9.53 Å². The predicted molar refractivity (Wildman–Crippen MR) is 74.4 cm³/mol. The minimum absolute atomic E-state index is 0.202. The Kier molecular flexibility index (Phi) is 5.01. The zero-order chi connectivity index (χ0) is 13.5. The minimum atomic E-state index is -0.202. The van der Waals surface area contributed by atoms with Crippen molar-refractivity contribution in [2.75, 3.05) is 11.9 Å². The van der Waals surface area contributed by atoms with Gasteiger partial charge >= 0.3 is 6.03 Å². The molecule has 0 atom stereocenters. The Labute approximate surface area is 113 Å². The first-order valence-corrected chi connectivity index (χ1v) is 6.95. The molecule has 1 aliphatic carbocycles. The number of urea groups is 1. The number of carbonyl (C=O) groups excluding carboxylic acids is 1. The molecule has 5 heteroatoms. The van der Waals surface area contributed by atoms with Crippen LogP contribution in [0.3, 0.4) is 0 Å². The molecule has 1 fully saturated rings. The second kappa shape index (κ2) is 6.97. The number of hydrogen-bond donors (Lipinski definition) is 2. The van der Waals surface area contributed by atoms with Crippen LogP contribution in [0, 0.1) is 0 Å². The van der Waals surface area contributed by atoms with Crippen LogP contribution in [0.4, 0.5) is 10.6 Å². The van der Waals surface area contributed by atoms with E-state index in [0.717, 1.165) is 12.8 Å². The molecule has 0 spiro atoms. The summed E-state index contributed by atoms with van der Waals surface area (Å²) in [5.41, 5.74) is 0. The van der Waals surface area contributed by atoms with Crippen LogP contribution >= 0.6 is 0 Å². The lowest BCUT2D eigenvalue weighted by Gasteiger charge is -2.22. The zero-order valence-electron chi connectivity index (χ0n) is 11.3. The fraction of sp³-hybridized carbons (Fsp3) is 0.571. The van der Waals surface area contributed by atoms with Crippen molar-refractivity contribution in [1.29, 1.82) is 0 Å². The van der Waals surface area contributed by atoms with E-state index >= 15 is 0 Å². The van der Waals surface area contributed by atoms with Crippen molar-refractivity contribution >= 4 is 11.8 Å². The molecule has 0 saturated heterocycles. The van der Waals surface area contributed by atoms with Crippen LogP contribution < -0.4 is 15.4 Å². The van der Waals surface area contributed by atoms with Crippen LogP contribution in [-0.2, 0) is 0 Å². The second-order valence-corrected chi connectivity index (χ2v) is 4.72. The van der Waals surface area contributed by atoms with Crippen molar-refractivity contribution in [3.05, 3.63) is 18.3 Å². The average molecular weight is 263 g/mol. The molecule has 1 saturated carbocycles. The number of nitrogens with zero attached hydrogens (tertiary/aromatic N) is 1. The van der Waals surface area contributed by atoms with Crippen molar-refractivity contribution in [3.63, 3.8) is 0 Å². The fourth-order valence-corrected chi connectivity index (χ4v) is 2.33. The molecule has 0 bridgehead atoms. The largest absolute Gasteiger partial charge is 0.490 e. The van der Waals surface area contributed by atoms with E-state index in [4.69, 9.17) is 4.74 Å². The van der Waals surface area contributed by atoms with Crippen LogP contribution in [0.25, 0.3) is 0 Å². The lowest BCUT2D eigenvalue weighted by atomic mass is 9.96. The highest BCUT2D eigenvalue weighted by Gasteiger charge is 2.16. The first-order chi connectivity index (χ1) is 9.29. The summed E-state index contributed by atoms with van der Waals surface area (Å²) in [4.78, 5) is 16.1. The van der Waals surface area contributed by atoms with Gasteiger partial charge in [0, 0.05) is 12.2 Å². The van der Waals surface area contributed by atoms with Gasteiger partial charge in [-0.15, -0.1) is 0 Å². The molecule has 5 nitrogen and oxygen atoms in total. The van der Waals surface area contributed by atoms with E-state index in [1.54, 1.807) is 18.3 Å². The summed E-state index contributed by atoms with van der Waals surface area (Å²) in [6.45, 7) is 2.45. The van der Waals surface area contributed by atoms with Crippen molar-refractivity contribution in [1.82, 2.24) is 10.3 Å². The molecule has 2 N–H and O–H groups in total. The van der Waals surface area contributed by atoms with E-state index in [0.29, 0.717) is 18.2 Å². The summed E-state index contributed by atoms with van der Waals surface area (Å²) < 4.78 is 5.42. The van der Waals surface area contributed by atoms with Gasteiger partial charge in [-0.3, -0.25) is 5.32 Å². The fourth-order valence-electron chi connectivity index (χ4n) is 2.33. The second-order valence-electron chi connectivity index (χ2n) is 4.72. The Morgan fingerprint density at radius 2 is 2.21 bits per heavy atom. The molecule has 1 heterocycles. The molecule has 2 rings (SSSR count). The van der Waals surface area contributed by atoms with Gasteiger partial charge < -0.3 is 10.1 Å². The smallest absolute Gasteiger partial charge is 0.320 e. The van der Waals surface area contributed by atoms with Crippen molar-refractivity contribution in [2.45, 2.75) is 45.1 Å². The summed E-state index contributed by atoms with van der Waals surface area (Å²) in [5.74, 6) is 1.07. The lowest BCUT2D eigenvalue weighted by Crippen LogP contribution is -2.39. The maximum atomic E-state index is 11.9. The Morgan fingerprint density at radius 3 is 2.95 bits per heavy atom. The number of pyridine rings is 1. The number of hydrogen-bond acceptors (Lipinski definition) is 3. The number of anilines is 1. The highest BCUT2D eigenvalue weighted by molar-refractivity contribution is 5.89. The van der Waals surface area contributed by atoms with E-state index in [1.165, 1.54) is 19.3 Å². The van der Waals surface area contributed by atoms with E-state index < -0.39 is 0 Å². The van der Waals surface area contributed by atoms with Gasteiger partial charge in [0.2, 0.25) is 0 Å². The Balaban J connectivity index is 1.90. The zero-order valence-corrected chi connectivity index (χ0v) is 11.3. The molecule has 1 aromatic heterocycles. The third kappa shape index (κ3) is 4.12. The highest BCUT2D eigenvalue weighted by atomic mass is 16.5. The number of ether oxygens (including phenoxy) is 1. The Hall–Kier alpha value is -1.78. The quantitative estimate of drug-likeness (QED) is 0.878. The van der Waals surface area contributed by atoms with Crippen LogP contribution in [0.1, 0.15) is 39.0 Å². The van der Waals surface area contributed by atoms with Gasteiger partial charge in [0.1, 0.15) is 0 Å². The minimum Gasteiger partial charge on any atom is -0.490 e. The SMILES string of the molecule is CCOc1cccnc1NC(=O)NC1CCCCC1. The molecule has 19 heavy (non-hydrogen) atoms. The summed E-state index contributed by atoms with van der Waals surface area (Å²) in [6.07, 6.45) is 7.42. The molecule has 1 aliphatic rings. The molecule has 1 aromatic rings. The molecule has 0 aliphatic heterocycles. The Bertz CT molecular complexity index is 417. The number of nitrogens with one attached hydrogen (secondary N) is 2. The summed E-state index contributed by atoms with van der Waals surface area (Å²) in [7, 11) is 0. The van der Waals surface area contributed by atoms with Gasteiger partial charge in [-0.05, 0) is 31.9 Å². The maximum Gasteiger partial charge on any atom is 0.320 e. The van der Waals surface area contributed by atoms with E-state index in [9.17, 15) is 4.79 Å². The van der Waals surface area contributed by atoms with Gasteiger partial charge in [-0.1, -0.05) is 19.3 Å². The summed E-state index contributed by atoms with van der Waals surface area (Å²) in [6, 6.07) is 3.67. The standard InChI is InChI=1S/C14H21N3O2/c1-2-19-12-9-6-10-15-13(12)17-14(18)16-11-7-4-3-5-8-11/h6,9-11H,2-5,7-8H2,1H3,(H2,15,16,17,18). The monoisotopic (exact) mass is 263 g/mol. The normalized spacial score (nSPS) is 15.8. The predicted octanol–water partition coefficient (Wildman–Crippen LogP) is 2.93. The highest BCUT2D eigenvalue weighted by Crippen LogP contribution is 2.21. The van der Waals surface area contributed by atoms with Crippen LogP contribution in [-0.4, -0.2) is 23.7 Å². The first-order valence-electron chi connectivity index (χ1n) is 6.95. The number of aromatic nitrogens is 1. The van der Waals surface area contributed by atoms with E-state index in [2.05, 4.69) is 15.6 Å².